The van der Waals surface area contributed by atoms with Gasteiger partial charge in [0.15, 0.2) is 0 Å². The SMILES string of the molecule is c1ccc(-c2ccccc2-c2c(-c3ccccc3)cccc2N(c2ccc(-c3cccc4c3oc3ccccc34)cc2)c2cccc3c2-c2ccccc2C3(c2ccccc2)c2ccccc2)cc1. The monoisotopic (exact) mass is 879 g/mol. The van der Waals surface area contributed by atoms with Crippen molar-refractivity contribution in [2.75, 3.05) is 4.90 Å². The van der Waals surface area contributed by atoms with Crippen molar-refractivity contribution < 1.29 is 4.42 Å². The topological polar surface area (TPSA) is 16.4 Å². The molecule has 1 aliphatic rings. The zero-order chi connectivity index (χ0) is 45.7. The molecule has 1 heterocycles. The lowest BCUT2D eigenvalue weighted by Gasteiger charge is -2.35. The molecule has 0 spiro atoms. The van der Waals surface area contributed by atoms with E-state index in [0.29, 0.717) is 0 Å². The Hall–Kier alpha value is -8.98. The van der Waals surface area contributed by atoms with Crippen molar-refractivity contribution >= 4 is 39.0 Å². The molecule has 69 heavy (non-hydrogen) atoms. The fraction of sp³-hybridized carbons (Fsp3) is 0.0149. The van der Waals surface area contributed by atoms with Crippen LogP contribution in [0.25, 0.3) is 77.6 Å². The minimum atomic E-state index is -0.570. The Balaban J connectivity index is 1.12. The first kappa shape index (κ1) is 40.3. The maximum absolute atomic E-state index is 6.59. The summed E-state index contributed by atoms with van der Waals surface area (Å²) in [7, 11) is 0. The first-order chi connectivity index (χ1) is 34.3. The van der Waals surface area contributed by atoms with Gasteiger partial charge in [0.1, 0.15) is 11.2 Å². The number of furan rings is 1. The van der Waals surface area contributed by atoms with Crippen LogP contribution in [-0.2, 0) is 5.41 Å². The summed E-state index contributed by atoms with van der Waals surface area (Å²) in [6, 6.07) is 99.4. The second-order valence-corrected chi connectivity index (χ2v) is 17.9. The number of anilines is 3. The van der Waals surface area contributed by atoms with E-state index in [-0.39, 0.29) is 0 Å². The summed E-state index contributed by atoms with van der Waals surface area (Å²) in [6.07, 6.45) is 0. The predicted octanol–water partition coefficient (Wildman–Crippen LogP) is 18.1. The van der Waals surface area contributed by atoms with E-state index in [9.17, 15) is 0 Å². The highest BCUT2D eigenvalue weighted by Gasteiger charge is 2.47. The molecule has 324 valence electrons. The van der Waals surface area contributed by atoms with Gasteiger partial charge in [0.25, 0.3) is 0 Å². The third-order valence-corrected chi connectivity index (χ3v) is 14.2. The van der Waals surface area contributed by atoms with Gasteiger partial charge in [-0.05, 0) is 91.5 Å². The molecular weight excluding hydrogens is 835 g/mol. The van der Waals surface area contributed by atoms with Crippen LogP contribution in [-0.4, -0.2) is 0 Å². The number of hydrogen-bond donors (Lipinski definition) is 0. The van der Waals surface area contributed by atoms with Crippen LogP contribution in [0.2, 0.25) is 0 Å². The lowest BCUT2D eigenvalue weighted by molar-refractivity contribution is 0.670. The maximum atomic E-state index is 6.59. The summed E-state index contributed by atoms with van der Waals surface area (Å²) >= 11 is 0. The van der Waals surface area contributed by atoms with E-state index in [1.54, 1.807) is 0 Å². The third-order valence-electron chi connectivity index (χ3n) is 14.2. The van der Waals surface area contributed by atoms with E-state index >= 15 is 0 Å². The fourth-order valence-electron chi connectivity index (χ4n) is 11.3. The van der Waals surface area contributed by atoms with E-state index in [1.807, 2.05) is 6.07 Å². The first-order valence-electron chi connectivity index (χ1n) is 23.8. The van der Waals surface area contributed by atoms with Gasteiger partial charge >= 0.3 is 0 Å². The lowest BCUT2D eigenvalue weighted by atomic mass is 9.68. The number of para-hydroxylation sites is 2. The van der Waals surface area contributed by atoms with Crippen LogP contribution in [0, 0.1) is 0 Å². The first-order valence-corrected chi connectivity index (χ1v) is 23.8. The summed E-state index contributed by atoms with van der Waals surface area (Å²) in [5.74, 6) is 0. The lowest BCUT2D eigenvalue weighted by Crippen LogP contribution is -2.28. The molecule has 0 aliphatic heterocycles. The van der Waals surface area contributed by atoms with Crippen molar-refractivity contribution in [3.8, 4) is 55.6 Å². The molecule has 0 saturated heterocycles. The molecule has 0 fully saturated rings. The van der Waals surface area contributed by atoms with Crippen molar-refractivity contribution in [1.29, 1.82) is 0 Å². The molecule has 0 bridgehead atoms. The Bertz CT molecular complexity index is 3780. The summed E-state index contributed by atoms with van der Waals surface area (Å²) in [5.41, 5.74) is 21.0. The number of fused-ring (bicyclic) bond motifs is 6. The minimum absolute atomic E-state index is 0.570. The largest absolute Gasteiger partial charge is 0.455 e. The molecule has 0 saturated carbocycles. The average Bonchev–Trinajstić information content (AvgIpc) is 3.97. The van der Waals surface area contributed by atoms with Crippen LogP contribution < -0.4 is 4.90 Å². The van der Waals surface area contributed by atoms with Crippen molar-refractivity contribution in [2.24, 2.45) is 0 Å². The third kappa shape index (κ3) is 6.48. The van der Waals surface area contributed by atoms with E-state index in [1.165, 1.54) is 44.5 Å². The second kappa shape index (κ2) is 16.7. The van der Waals surface area contributed by atoms with Gasteiger partial charge in [0, 0.05) is 33.2 Å². The van der Waals surface area contributed by atoms with Gasteiger partial charge in [-0.2, -0.15) is 0 Å². The smallest absolute Gasteiger partial charge is 0.143 e. The molecule has 0 amide bonds. The molecule has 11 aromatic carbocycles. The summed E-state index contributed by atoms with van der Waals surface area (Å²) < 4.78 is 6.59. The normalized spacial score (nSPS) is 12.5. The molecule has 12 aromatic rings. The molecule has 0 N–H and O–H groups in total. The number of benzene rings is 11. The Morgan fingerprint density at radius 1 is 0.290 bits per heavy atom. The Kier molecular flexibility index (Phi) is 9.77. The van der Waals surface area contributed by atoms with Gasteiger partial charge in [0.05, 0.1) is 16.8 Å². The standard InChI is InChI=1S/C67H45NO/c1-5-22-46(23-6-1)52-30-13-14-32-56(52)64-53(47-24-7-2-8-25-47)34-20-39-61(64)68(51-44-42-48(43-45-51)54-35-19-36-57-55-31-16-18-41-63(55)69-66(54)57)62-40-21-38-60-65(62)58-33-15-17-37-59(58)67(60,49-26-9-3-10-27-49)50-28-11-4-12-29-50/h1-45H. The molecule has 0 atom stereocenters. The summed E-state index contributed by atoms with van der Waals surface area (Å²) in [4.78, 5) is 2.52. The van der Waals surface area contributed by atoms with E-state index in [0.717, 1.165) is 72.4 Å². The van der Waals surface area contributed by atoms with Crippen molar-refractivity contribution in [3.05, 3.63) is 295 Å². The minimum Gasteiger partial charge on any atom is -0.455 e. The van der Waals surface area contributed by atoms with Crippen molar-refractivity contribution in [1.82, 2.24) is 0 Å². The van der Waals surface area contributed by atoms with Crippen LogP contribution in [0.1, 0.15) is 22.3 Å². The molecule has 0 radical (unpaired) electrons. The predicted molar refractivity (Wildman–Crippen MR) is 287 cm³/mol. The molecule has 1 aliphatic carbocycles. The molecule has 13 rings (SSSR count). The summed E-state index contributed by atoms with van der Waals surface area (Å²) in [6.45, 7) is 0. The Morgan fingerprint density at radius 3 is 1.45 bits per heavy atom. The van der Waals surface area contributed by atoms with Crippen LogP contribution in [0.5, 0.6) is 0 Å². The van der Waals surface area contributed by atoms with Gasteiger partial charge in [0.2, 0.25) is 0 Å². The highest BCUT2D eigenvalue weighted by atomic mass is 16.3. The molecular formula is C67H45NO. The molecule has 2 heteroatoms. The quantitative estimate of drug-likeness (QED) is 0.144. The zero-order valence-electron chi connectivity index (χ0n) is 37.8. The zero-order valence-corrected chi connectivity index (χ0v) is 37.8. The van der Waals surface area contributed by atoms with Gasteiger partial charge < -0.3 is 9.32 Å². The van der Waals surface area contributed by atoms with Crippen LogP contribution in [0.15, 0.2) is 277 Å². The van der Waals surface area contributed by atoms with Crippen LogP contribution in [0.3, 0.4) is 0 Å². The van der Waals surface area contributed by atoms with Gasteiger partial charge in [-0.1, -0.05) is 243 Å². The number of hydrogen-bond acceptors (Lipinski definition) is 2. The van der Waals surface area contributed by atoms with Crippen LogP contribution >= 0.6 is 0 Å². The van der Waals surface area contributed by atoms with Crippen LogP contribution in [0.4, 0.5) is 17.1 Å². The number of rotatable bonds is 9. The Labute approximate surface area is 402 Å². The maximum Gasteiger partial charge on any atom is 0.143 e. The second-order valence-electron chi connectivity index (χ2n) is 17.9. The van der Waals surface area contributed by atoms with Crippen molar-refractivity contribution in [3.63, 3.8) is 0 Å². The molecule has 2 nitrogen and oxygen atoms in total. The summed E-state index contributed by atoms with van der Waals surface area (Å²) in [5, 5.41) is 2.24. The van der Waals surface area contributed by atoms with Gasteiger partial charge in [-0.25, -0.2) is 0 Å². The molecule has 0 unspecified atom stereocenters. The van der Waals surface area contributed by atoms with Gasteiger partial charge in [-0.15, -0.1) is 0 Å². The Morgan fingerprint density at radius 2 is 0.754 bits per heavy atom. The highest BCUT2D eigenvalue weighted by Crippen LogP contribution is 2.60. The van der Waals surface area contributed by atoms with E-state index in [4.69, 9.17) is 4.42 Å². The van der Waals surface area contributed by atoms with Gasteiger partial charge in [-0.3, -0.25) is 0 Å². The average molecular weight is 880 g/mol. The van der Waals surface area contributed by atoms with E-state index < -0.39 is 5.41 Å². The fourth-order valence-corrected chi connectivity index (χ4v) is 11.3. The molecule has 1 aromatic heterocycles. The number of nitrogens with zero attached hydrogens (tertiary/aromatic N) is 1. The van der Waals surface area contributed by atoms with Crippen molar-refractivity contribution in [2.45, 2.75) is 5.41 Å². The van der Waals surface area contributed by atoms with E-state index in [2.05, 4.69) is 272 Å². The highest BCUT2D eigenvalue weighted by molar-refractivity contribution is 6.10.